The van der Waals surface area contributed by atoms with Crippen LogP contribution >= 0.6 is 0 Å². The fraction of sp³-hybridized carbons (Fsp3) is 0.435. The van der Waals surface area contributed by atoms with Gasteiger partial charge in [0.05, 0.1) is 17.7 Å². The van der Waals surface area contributed by atoms with Gasteiger partial charge in [0.1, 0.15) is 5.82 Å². The summed E-state index contributed by atoms with van der Waals surface area (Å²) in [5, 5.41) is 8.99. The molecule has 0 amide bonds. The highest BCUT2D eigenvalue weighted by molar-refractivity contribution is 6.00. The molecule has 1 aromatic heterocycles. The lowest BCUT2D eigenvalue weighted by Gasteiger charge is -2.44. The van der Waals surface area contributed by atoms with Crippen LogP contribution in [0.3, 0.4) is 0 Å². The molecule has 2 heterocycles. The van der Waals surface area contributed by atoms with E-state index in [4.69, 9.17) is 5.26 Å². The summed E-state index contributed by atoms with van der Waals surface area (Å²) in [7, 11) is 0. The number of hydrogen-bond donors (Lipinski definition) is 0. The molecule has 1 atom stereocenters. The highest BCUT2D eigenvalue weighted by Gasteiger charge is 2.38. The smallest absolute Gasteiger partial charge is 0.180 e. The number of pyridine rings is 1. The van der Waals surface area contributed by atoms with Crippen molar-refractivity contribution >= 4 is 11.6 Å². The lowest BCUT2D eigenvalue weighted by Crippen LogP contribution is -2.57. The van der Waals surface area contributed by atoms with Gasteiger partial charge in [-0.1, -0.05) is 39.0 Å². The van der Waals surface area contributed by atoms with Crippen LogP contribution in [0.4, 0.5) is 5.82 Å². The Kier molecular flexibility index (Phi) is 5.81. The van der Waals surface area contributed by atoms with E-state index in [1.807, 2.05) is 25.1 Å². The Morgan fingerprint density at radius 3 is 2.25 bits per heavy atom. The number of rotatable bonds is 4. The van der Waals surface area contributed by atoms with Crippen molar-refractivity contribution in [1.82, 2.24) is 9.88 Å². The van der Waals surface area contributed by atoms with E-state index in [-0.39, 0.29) is 17.2 Å². The third-order valence-electron chi connectivity index (χ3n) is 5.24. The molecule has 0 radical (unpaired) electrons. The zero-order chi connectivity index (χ0) is 20.3. The Morgan fingerprint density at radius 2 is 1.71 bits per heavy atom. The van der Waals surface area contributed by atoms with Crippen molar-refractivity contribution in [2.45, 2.75) is 33.7 Å². The van der Waals surface area contributed by atoms with E-state index in [2.05, 4.69) is 41.6 Å². The van der Waals surface area contributed by atoms with Gasteiger partial charge in [-0.05, 0) is 36.6 Å². The third kappa shape index (κ3) is 4.40. The van der Waals surface area contributed by atoms with Crippen LogP contribution in [0.5, 0.6) is 0 Å². The van der Waals surface area contributed by atoms with Crippen molar-refractivity contribution in [3.8, 4) is 6.07 Å². The molecule has 3 rings (SSSR count). The number of anilines is 1. The minimum absolute atomic E-state index is 0.124. The van der Waals surface area contributed by atoms with Gasteiger partial charge in [-0.25, -0.2) is 4.98 Å². The summed E-state index contributed by atoms with van der Waals surface area (Å²) in [6.45, 7) is 11.7. The van der Waals surface area contributed by atoms with Crippen molar-refractivity contribution < 1.29 is 4.79 Å². The predicted octanol–water partition coefficient (Wildman–Crippen LogP) is 3.68. The quantitative estimate of drug-likeness (QED) is 0.762. The van der Waals surface area contributed by atoms with E-state index in [0.29, 0.717) is 11.1 Å². The van der Waals surface area contributed by atoms with E-state index in [9.17, 15) is 4.79 Å². The number of Topliss-reactive ketones (excluding diaryl/α,β-unsaturated/α-hetero) is 1. The first-order chi connectivity index (χ1) is 13.3. The topological polar surface area (TPSA) is 60.2 Å². The van der Waals surface area contributed by atoms with Gasteiger partial charge >= 0.3 is 0 Å². The molecule has 0 saturated carbocycles. The summed E-state index contributed by atoms with van der Waals surface area (Å²) >= 11 is 0. The van der Waals surface area contributed by atoms with E-state index < -0.39 is 0 Å². The van der Waals surface area contributed by atoms with Gasteiger partial charge < -0.3 is 4.90 Å². The number of aromatic nitrogens is 1. The Balaban J connectivity index is 1.76. The van der Waals surface area contributed by atoms with Crippen LogP contribution in [0.15, 0.2) is 42.5 Å². The molecule has 1 saturated heterocycles. The van der Waals surface area contributed by atoms with Crippen LogP contribution in [0, 0.1) is 23.7 Å². The molecule has 0 spiro atoms. The maximum atomic E-state index is 13.3. The van der Waals surface area contributed by atoms with Crippen LogP contribution < -0.4 is 4.90 Å². The number of carbonyl (C=O) groups excluding carboxylic acids is 1. The lowest BCUT2D eigenvalue weighted by atomic mass is 9.80. The molecule has 5 heteroatoms. The van der Waals surface area contributed by atoms with E-state index in [0.717, 1.165) is 37.7 Å². The minimum Gasteiger partial charge on any atom is -0.354 e. The van der Waals surface area contributed by atoms with Crippen molar-refractivity contribution in [3.63, 3.8) is 0 Å². The lowest BCUT2D eigenvalue weighted by molar-refractivity contribution is 0.0584. The fourth-order valence-electron chi connectivity index (χ4n) is 3.89. The monoisotopic (exact) mass is 376 g/mol. The summed E-state index contributed by atoms with van der Waals surface area (Å²) in [5.41, 5.74) is 2.07. The molecule has 0 N–H and O–H groups in total. The predicted molar refractivity (Wildman–Crippen MR) is 111 cm³/mol. The van der Waals surface area contributed by atoms with Crippen molar-refractivity contribution in [3.05, 3.63) is 59.3 Å². The van der Waals surface area contributed by atoms with Crippen molar-refractivity contribution in [2.24, 2.45) is 5.41 Å². The molecule has 0 aliphatic carbocycles. The maximum Gasteiger partial charge on any atom is 0.180 e. The second-order valence-corrected chi connectivity index (χ2v) is 8.48. The Labute approximate surface area is 167 Å². The second kappa shape index (κ2) is 8.12. The summed E-state index contributed by atoms with van der Waals surface area (Å²) in [6, 6.07) is 15.0. The van der Waals surface area contributed by atoms with Crippen molar-refractivity contribution in [2.75, 3.05) is 31.1 Å². The number of ketones is 1. The number of hydrogen-bond acceptors (Lipinski definition) is 5. The van der Waals surface area contributed by atoms with Gasteiger partial charge in [0.15, 0.2) is 5.78 Å². The number of nitrogens with zero attached hydrogens (tertiary/aromatic N) is 4. The molecule has 0 bridgehead atoms. The Bertz CT molecular complexity index is 869. The van der Waals surface area contributed by atoms with E-state index >= 15 is 0 Å². The molecule has 28 heavy (non-hydrogen) atoms. The Hall–Kier alpha value is -2.71. The molecule has 1 aliphatic heterocycles. The summed E-state index contributed by atoms with van der Waals surface area (Å²) in [6.07, 6.45) is 0. The normalized spacial score (nSPS) is 16.5. The highest BCUT2D eigenvalue weighted by atomic mass is 16.1. The zero-order valence-corrected chi connectivity index (χ0v) is 17.1. The van der Waals surface area contributed by atoms with Gasteiger partial charge in [-0.3, -0.25) is 9.69 Å². The first-order valence-electron chi connectivity index (χ1n) is 9.76. The molecule has 146 valence electrons. The van der Waals surface area contributed by atoms with Crippen LogP contribution in [-0.4, -0.2) is 47.9 Å². The van der Waals surface area contributed by atoms with Gasteiger partial charge in [0.25, 0.3) is 0 Å². The Morgan fingerprint density at radius 1 is 1.07 bits per heavy atom. The third-order valence-corrected chi connectivity index (χ3v) is 5.24. The number of piperazine rings is 1. The largest absolute Gasteiger partial charge is 0.354 e. The summed E-state index contributed by atoms with van der Waals surface area (Å²) < 4.78 is 0. The fourth-order valence-corrected chi connectivity index (χ4v) is 3.89. The number of aryl methyl sites for hydroxylation is 1. The molecule has 1 unspecified atom stereocenters. The average molecular weight is 377 g/mol. The molecular weight excluding hydrogens is 348 g/mol. The standard InChI is InChI=1S/C23H28N4O/c1-17-6-5-7-20(25-17)26-12-14-27(15-13-26)22(23(2,3)4)21(28)19-10-8-18(16-24)9-11-19/h5-11,22H,12-15H2,1-4H3. The molecule has 1 fully saturated rings. The van der Waals surface area contributed by atoms with Gasteiger partial charge in [0.2, 0.25) is 0 Å². The SMILES string of the molecule is Cc1cccc(N2CCN(C(C(=O)c3ccc(C#N)cc3)C(C)(C)C)CC2)n1. The molecule has 2 aromatic rings. The molecular formula is C23H28N4O. The van der Waals surface area contributed by atoms with Crippen molar-refractivity contribution in [1.29, 1.82) is 5.26 Å². The first-order valence-corrected chi connectivity index (χ1v) is 9.76. The second-order valence-electron chi connectivity index (χ2n) is 8.48. The summed E-state index contributed by atoms with van der Waals surface area (Å²) in [5.74, 6) is 1.13. The number of nitriles is 1. The number of carbonyl (C=O) groups is 1. The van der Waals surface area contributed by atoms with Crippen LogP contribution in [0.25, 0.3) is 0 Å². The van der Waals surface area contributed by atoms with Crippen LogP contribution in [0.1, 0.15) is 42.4 Å². The number of benzene rings is 1. The molecule has 1 aliphatic rings. The van der Waals surface area contributed by atoms with Gasteiger partial charge in [-0.2, -0.15) is 5.26 Å². The van der Waals surface area contributed by atoms with Gasteiger partial charge in [0, 0.05) is 37.4 Å². The van der Waals surface area contributed by atoms with Crippen LogP contribution in [-0.2, 0) is 0 Å². The zero-order valence-electron chi connectivity index (χ0n) is 17.1. The van der Waals surface area contributed by atoms with E-state index in [1.165, 1.54) is 0 Å². The minimum atomic E-state index is -0.201. The van der Waals surface area contributed by atoms with Gasteiger partial charge in [-0.15, -0.1) is 0 Å². The molecule has 1 aromatic carbocycles. The van der Waals surface area contributed by atoms with E-state index in [1.54, 1.807) is 24.3 Å². The highest BCUT2D eigenvalue weighted by Crippen LogP contribution is 2.29. The average Bonchev–Trinajstić information content (AvgIpc) is 2.67. The maximum absolute atomic E-state index is 13.3. The first kappa shape index (κ1) is 20.0. The molecule has 5 nitrogen and oxygen atoms in total. The summed E-state index contributed by atoms with van der Waals surface area (Å²) in [4.78, 5) is 22.6. The van der Waals surface area contributed by atoms with Crippen LogP contribution in [0.2, 0.25) is 0 Å².